The van der Waals surface area contributed by atoms with Crippen molar-refractivity contribution in [3.63, 3.8) is 0 Å². The molecule has 0 aliphatic carbocycles. The molecule has 0 aliphatic rings. The molecule has 4 amide bonds. The van der Waals surface area contributed by atoms with Crippen LogP contribution < -0.4 is 21.3 Å². The van der Waals surface area contributed by atoms with Gasteiger partial charge in [0.1, 0.15) is 24.2 Å². The first-order valence-corrected chi connectivity index (χ1v) is 12.4. The van der Waals surface area contributed by atoms with Crippen LogP contribution in [0.5, 0.6) is 0 Å². The minimum absolute atomic E-state index is 0.166. The predicted molar refractivity (Wildman–Crippen MR) is 124 cm³/mol. The fraction of sp³-hybridized carbons (Fsp3) is 0.556. The average molecular weight is 555 g/mol. The molecule has 0 aromatic heterocycles. The number of carboxylic acid groups (broad SMARTS) is 4. The average Bonchev–Trinajstić information content (AvgIpc) is 2.72. The smallest absolute Gasteiger partial charge is 0.326 e. The maximum Gasteiger partial charge on any atom is 0.326 e. The summed E-state index contributed by atoms with van der Waals surface area (Å²) in [6.45, 7) is 2.19. The van der Waals surface area contributed by atoms with E-state index in [0.29, 0.717) is 0 Å². The van der Waals surface area contributed by atoms with Gasteiger partial charge in [0.05, 0.1) is 12.8 Å². The van der Waals surface area contributed by atoms with Gasteiger partial charge in [-0.3, -0.25) is 28.8 Å². The number of carboxylic acids is 4. The second-order valence-electron chi connectivity index (χ2n) is 7.07. The number of carbonyl (C=O) groups is 8. The fourth-order valence-electron chi connectivity index (χ4n) is 2.38. The molecule has 0 aromatic rings. The summed E-state index contributed by atoms with van der Waals surface area (Å²) < 4.78 is 0. The number of aliphatic carboxylic acids is 4. The minimum Gasteiger partial charge on any atom is -0.481 e. The zero-order chi connectivity index (χ0) is 28.0. The third-order valence-electron chi connectivity index (χ3n) is 3.93. The Balaban J connectivity index is 5.17. The molecule has 8 N–H and O–H groups in total. The van der Waals surface area contributed by atoms with Gasteiger partial charge in [0.25, 0.3) is 0 Å². The Morgan fingerprint density at radius 3 is 1.08 bits per heavy atom. The molecule has 0 heterocycles. The number of rotatable bonds is 17. The molecule has 0 rings (SSSR count). The number of carbonyl (C=O) groups excluding carboxylic acids is 4. The van der Waals surface area contributed by atoms with Crippen LogP contribution in [0.4, 0.5) is 0 Å². The highest BCUT2D eigenvalue weighted by molar-refractivity contribution is 8.76. The van der Waals surface area contributed by atoms with Crippen LogP contribution in [-0.4, -0.2) is 104 Å². The van der Waals surface area contributed by atoms with Crippen LogP contribution >= 0.6 is 21.6 Å². The van der Waals surface area contributed by atoms with Crippen LogP contribution in [0.2, 0.25) is 0 Å². The Bertz CT molecular complexity index is 814. The maximum absolute atomic E-state index is 12.4. The highest BCUT2D eigenvalue weighted by Crippen LogP contribution is 2.23. The molecule has 0 fully saturated rings. The van der Waals surface area contributed by atoms with Gasteiger partial charge >= 0.3 is 23.9 Å². The molecule has 202 valence electrons. The molecule has 0 bridgehead atoms. The van der Waals surface area contributed by atoms with Gasteiger partial charge in [0.15, 0.2) is 0 Å². The Labute approximate surface area is 211 Å². The highest BCUT2D eigenvalue weighted by atomic mass is 33.1. The summed E-state index contributed by atoms with van der Waals surface area (Å²) in [5.41, 5.74) is 0. The van der Waals surface area contributed by atoms with Crippen LogP contribution in [-0.2, 0) is 38.4 Å². The van der Waals surface area contributed by atoms with Crippen LogP contribution in [0.1, 0.15) is 26.7 Å². The Morgan fingerprint density at radius 1 is 0.556 bits per heavy atom. The van der Waals surface area contributed by atoms with E-state index in [-0.39, 0.29) is 11.5 Å². The molecule has 36 heavy (non-hydrogen) atoms. The van der Waals surface area contributed by atoms with Gasteiger partial charge in [-0.1, -0.05) is 21.6 Å². The van der Waals surface area contributed by atoms with Gasteiger partial charge in [-0.15, -0.1) is 0 Å². The molecule has 18 heteroatoms. The first-order valence-electron chi connectivity index (χ1n) is 9.92. The lowest BCUT2D eigenvalue weighted by atomic mass is 10.2. The van der Waals surface area contributed by atoms with Crippen molar-refractivity contribution in [2.24, 2.45) is 0 Å². The van der Waals surface area contributed by atoms with Crippen molar-refractivity contribution in [2.45, 2.75) is 50.9 Å². The first kappa shape index (κ1) is 32.5. The zero-order valence-corrected chi connectivity index (χ0v) is 20.6. The van der Waals surface area contributed by atoms with Crippen LogP contribution in [0.25, 0.3) is 0 Å². The molecule has 4 atom stereocenters. The lowest BCUT2D eigenvalue weighted by Gasteiger charge is -2.21. The summed E-state index contributed by atoms with van der Waals surface area (Å²) in [6.07, 6.45) is -1.80. The Morgan fingerprint density at radius 2 is 0.861 bits per heavy atom. The largest absolute Gasteiger partial charge is 0.481 e. The van der Waals surface area contributed by atoms with Crippen LogP contribution in [0, 0.1) is 0 Å². The number of nitrogens with one attached hydrogen (secondary N) is 4. The molecule has 0 radical (unpaired) electrons. The van der Waals surface area contributed by atoms with Crippen molar-refractivity contribution >= 4 is 69.1 Å². The molecule has 16 nitrogen and oxygen atoms in total. The second kappa shape index (κ2) is 16.2. The van der Waals surface area contributed by atoms with E-state index >= 15 is 0 Å². The maximum atomic E-state index is 12.4. The van der Waals surface area contributed by atoms with E-state index in [1.165, 1.54) is 0 Å². The lowest BCUT2D eigenvalue weighted by Crippen LogP contribution is -2.53. The van der Waals surface area contributed by atoms with Gasteiger partial charge in [-0.2, -0.15) is 0 Å². The SMILES string of the molecule is CC(=O)NC(CSSCC(NC(C)=O)C(=O)NC(CC(=O)O)C(=O)O)C(=O)NC(CC(=O)O)C(=O)O. The van der Waals surface area contributed by atoms with Crippen LogP contribution in [0.3, 0.4) is 0 Å². The van der Waals surface area contributed by atoms with E-state index in [1.54, 1.807) is 0 Å². The number of amides is 4. The van der Waals surface area contributed by atoms with Crippen molar-refractivity contribution < 1.29 is 58.8 Å². The summed E-state index contributed by atoms with van der Waals surface area (Å²) in [6, 6.07) is -6.05. The van der Waals surface area contributed by atoms with Crippen LogP contribution in [0.15, 0.2) is 0 Å². The minimum atomic E-state index is -1.75. The van der Waals surface area contributed by atoms with Gasteiger partial charge in [0, 0.05) is 25.4 Å². The van der Waals surface area contributed by atoms with E-state index in [0.717, 1.165) is 35.4 Å². The summed E-state index contributed by atoms with van der Waals surface area (Å²) in [4.78, 5) is 91.6. The summed E-state index contributed by atoms with van der Waals surface area (Å²) >= 11 is 0. The van der Waals surface area contributed by atoms with Crippen molar-refractivity contribution in [3.8, 4) is 0 Å². The van der Waals surface area contributed by atoms with E-state index in [4.69, 9.17) is 20.4 Å². The third kappa shape index (κ3) is 14.0. The van der Waals surface area contributed by atoms with Gasteiger partial charge in [-0.05, 0) is 0 Å². The summed E-state index contributed by atoms with van der Waals surface area (Å²) in [5, 5.41) is 44.3. The number of hydrogen-bond donors (Lipinski definition) is 8. The molecule has 4 unspecified atom stereocenters. The molecule has 0 aliphatic heterocycles. The zero-order valence-electron chi connectivity index (χ0n) is 19.0. The lowest BCUT2D eigenvalue weighted by molar-refractivity contribution is -0.147. The second-order valence-corrected chi connectivity index (χ2v) is 9.62. The first-order chi connectivity index (χ1) is 16.6. The molecule has 0 spiro atoms. The van der Waals surface area contributed by atoms with E-state index < -0.39 is 84.5 Å². The molecular formula is C18H26N4O12S2. The third-order valence-corrected chi connectivity index (χ3v) is 6.35. The van der Waals surface area contributed by atoms with Gasteiger partial charge in [0.2, 0.25) is 23.6 Å². The number of hydrogen-bond acceptors (Lipinski definition) is 10. The Kier molecular flexibility index (Phi) is 14.6. The predicted octanol–water partition coefficient (Wildman–Crippen LogP) is -2.53. The topological polar surface area (TPSA) is 266 Å². The quantitative estimate of drug-likeness (QED) is 0.0680. The molecule has 0 saturated carbocycles. The Hall–Kier alpha value is -3.54. The molecular weight excluding hydrogens is 528 g/mol. The monoisotopic (exact) mass is 554 g/mol. The molecule has 0 aromatic carbocycles. The van der Waals surface area contributed by atoms with E-state index in [1.807, 2.05) is 10.6 Å². The fourth-order valence-corrected chi connectivity index (χ4v) is 4.71. The summed E-state index contributed by atoms with van der Waals surface area (Å²) in [7, 11) is 1.85. The normalized spacial score (nSPS) is 13.7. The van der Waals surface area contributed by atoms with Gasteiger partial charge < -0.3 is 41.7 Å². The standard InChI is InChI=1S/C18H26N4O12S2/c1-7(23)19-11(15(29)21-9(17(31)32)3-13(25)26)5-35-36-6-12(20-8(2)24)16(30)22-10(18(33)34)4-14(27)28/h9-12H,3-6H2,1-2H3,(H,19,23)(H,20,24)(H,21,29)(H,22,30)(H,25,26)(H,27,28)(H,31,32)(H,33,34). The highest BCUT2D eigenvalue weighted by Gasteiger charge is 2.30. The van der Waals surface area contributed by atoms with Crippen molar-refractivity contribution in [1.29, 1.82) is 0 Å². The van der Waals surface area contributed by atoms with Crippen molar-refractivity contribution in [2.75, 3.05) is 11.5 Å². The molecule has 0 saturated heterocycles. The van der Waals surface area contributed by atoms with Gasteiger partial charge in [-0.25, -0.2) is 9.59 Å². The van der Waals surface area contributed by atoms with Crippen molar-refractivity contribution in [1.82, 2.24) is 21.3 Å². The van der Waals surface area contributed by atoms with E-state index in [2.05, 4.69) is 10.6 Å². The summed E-state index contributed by atoms with van der Waals surface area (Å²) in [5.74, 6) is -9.69. The van der Waals surface area contributed by atoms with E-state index in [9.17, 15) is 38.4 Å². The van der Waals surface area contributed by atoms with Crippen molar-refractivity contribution in [3.05, 3.63) is 0 Å².